The summed E-state index contributed by atoms with van der Waals surface area (Å²) in [4.78, 5) is 12.2. The van der Waals surface area contributed by atoms with E-state index in [1.54, 1.807) is 18.0 Å². The Balaban J connectivity index is 1.61. The van der Waals surface area contributed by atoms with Crippen molar-refractivity contribution < 1.29 is 14.3 Å². The molecule has 2 N–H and O–H groups in total. The molecule has 1 aliphatic rings. The molecular formula is C18H24N4O3. The SMILES string of the molecule is COc1cc2c(cc1CNC(=O)N[C@@H](C)c1cnn(C)c1)O[C@@H](C)C2. The number of urea groups is 1. The summed E-state index contributed by atoms with van der Waals surface area (Å²) >= 11 is 0. The van der Waals surface area contributed by atoms with Gasteiger partial charge in [-0.25, -0.2) is 4.79 Å². The smallest absolute Gasteiger partial charge is 0.315 e. The van der Waals surface area contributed by atoms with E-state index < -0.39 is 0 Å². The van der Waals surface area contributed by atoms with Crippen molar-refractivity contribution in [1.29, 1.82) is 0 Å². The number of fused-ring (bicyclic) bond motifs is 1. The van der Waals surface area contributed by atoms with Crippen molar-refractivity contribution in [2.24, 2.45) is 7.05 Å². The first-order valence-electron chi connectivity index (χ1n) is 8.35. The molecule has 0 unspecified atom stereocenters. The molecule has 0 saturated carbocycles. The van der Waals surface area contributed by atoms with Gasteiger partial charge in [0.15, 0.2) is 0 Å². The molecule has 1 aliphatic heterocycles. The molecule has 2 heterocycles. The van der Waals surface area contributed by atoms with Crippen LogP contribution >= 0.6 is 0 Å². The van der Waals surface area contributed by atoms with Gasteiger partial charge in [0.1, 0.15) is 17.6 Å². The largest absolute Gasteiger partial charge is 0.496 e. The van der Waals surface area contributed by atoms with Crippen molar-refractivity contribution in [3.63, 3.8) is 0 Å². The molecule has 2 amide bonds. The van der Waals surface area contributed by atoms with E-state index in [9.17, 15) is 4.79 Å². The van der Waals surface area contributed by atoms with Gasteiger partial charge >= 0.3 is 6.03 Å². The van der Waals surface area contributed by atoms with Crippen LogP contribution in [-0.2, 0) is 20.0 Å². The molecular weight excluding hydrogens is 320 g/mol. The van der Waals surface area contributed by atoms with Crippen LogP contribution < -0.4 is 20.1 Å². The van der Waals surface area contributed by atoms with Gasteiger partial charge in [-0.2, -0.15) is 5.10 Å². The van der Waals surface area contributed by atoms with E-state index in [1.807, 2.05) is 39.2 Å². The van der Waals surface area contributed by atoms with Gasteiger partial charge in [-0.1, -0.05) is 0 Å². The van der Waals surface area contributed by atoms with Crippen LogP contribution in [0, 0.1) is 0 Å². The minimum absolute atomic E-state index is 0.125. The minimum atomic E-state index is -0.242. The van der Waals surface area contributed by atoms with Gasteiger partial charge < -0.3 is 20.1 Å². The maximum absolute atomic E-state index is 12.2. The number of aryl methyl sites for hydroxylation is 1. The Kier molecular flexibility index (Phi) is 4.83. The number of ether oxygens (including phenoxy) is 2. The molecule has 1 aromatic carbocycles. The second kappa shape index (κ2) is 7.04. The molecule has 0 spiro atoms. The van der Waals surface area contributed by atoms with Crippen LogP contribution in [0.4, 0.5) is 4.79 Å². The van der Waals surface area contributed by atoms with E-state index in [0.717, 1.165) is 34.6 Å². The van der Waals surface area contributed by atoms with E-state index in [-0.39, 0.29) is 18.2 Å². The van der Waals surface area contributed by atoms with Gasteiger partial charge in [-0.05, 0) is 26.0 Å². The van der Waals surface area contributed by atoms with Gasteiger partial charge in [-0.3, -0.25) is 4.68 Å². The summed E-state index contributed by atoms with van der Waals surface area (Å²) in [6.07, 6.45) is 4.68. The summed E-state index contributed by atoms with van der Waals surface area (Å²) in [5.41, 5.74) is 2.98. The molecule has 0 bridgehead atoms. The summed E-state index contributed by atoms with van der Waals surface area (Å²) < 4.78 is 12.9. The minimum Gasteiger partial charge on any atom is -0.496 e. The first kappa shape index (κ1) is 17.1. The quantitative estimate of drug-likeness (QED) is 0.873. The average molecular weight is 344 g/mol. The third-order valence-corrected chi connectivity index (χ3v) is 4.31. The van der Waals surface area contributed by atoms with Crippen molar-refractivity contribution in [3.8, 4) is 11.5 Å². The standard InChI is InChI=1S/C18H24N4O3/c1-11-5-13-6-16(24-4)14(7-17(13)25-11)8-19-18(23)21-12(2)15-9-20-22(3)10-15/h6-7,9-12H,5,8H2,1-4H3,(H2,19,21,23)/t11-,12-/m0/s1. The van der Waals surface area contributed by atoms with E-state index >= 15 is 0 Å². The van der Waals surface area contributed by atoms with Crippen LogP contribution in [0.2, 0.25) is 0 Å². The highest BCUT2D eigenvalue weighted by atomic mass is 16.5. The molecule has 134 valence electrons. The van der Waals surface area contributed by atoms with Crippen molar-refractivity contribution >= 4 is 6.03 Å². The topological polar surface area (TPSA) is 77.4 Å². The predicted molar refractivity (Wildman–Crippen MR) is 93.8 cm³/mol. The lowest BCUT2D eigenvalue weighted by molar-refractivity contribution is 0.237. The van der Waals surface area contributed by atoms with E-state index in [2.05, 4.69) is 15.7 Å². The van der Waals surface area contributed by atoms with Gasteiger partial charge in [0.05, 0.1) is 19.3 Å². The number of carbonyl (C=O) groups is 1. The number of methoxy groups -OCH3 is 1. The van der Waals surface area contributed by atoms with Crippen molar-refractivity contribution in [2.45, 2.75) is 39.0 Å². The molecule has 0 radical (unpaired) electrons. The highest BCUT2D eigenvalue weighted by Gasteiger charge is 2.22. The van der Waals surface area contributed by atoms with Crippen LogP contribution in [0.3, 0.4) is 0 Å². The average Bonchev–Trinajstić information content (AvgIpc) is 3.16. The Hall–Kier alpha value is -2.70. The molecule has 7 heteroatoms. The molecule has 2 atom stereocenters. The summed E-state index contributed by atoms with van der Waals surface area (Å²) in [5.74, 6) is 1.63. The van der Waals surface area contributed by atoms with Crippen molar-refractivity contribution in [3.05, 3.63) is 41.2 Å². The fourth-order valence-corrected chi connectivity index (χ4v) is 2.98. The third kappa shape index (κ3) is 3.87. The number of nitrogens with zero attached hydrogens (tertiary/aromatic N) is 2. The van der Waals surface area contributed by atoms with Crippen LogP contribution in [0.5, 0.6) is 11.5 Å². The molecule has 1 aromatic heterocycles. The number of nitrogens with one attached hydrogen (secondary N) is 2. The highest BCUT2D eigenvalue weighted by Crippen LogP contribution is 2.34. The summed E-state index contributed by atoms with van der Waals surface area (Å²) in [6.45, 7) is 4.32. The maximum Gasteiger partial charge on any atom is 0.315 e. The summed E-state index contributed by atoms with van der Waals surface area (Å²) in [7, 11) is 3.48. The number of hydrogen-bond donors (Lipinski definition) is 2. The number of hydrogen-bond acceptors (Lipinski definition) is 4. The molecule has 3 rings (SSSR count). The molecule has 25 heavy (non-hydrogen) atoms. The Morgan fingerprint density at radius 1 is 1.52 bits per heavy atom. The van der Waals surface area contributed by atoms with Crippen LogP contribution in [-0.4, -0.2) is 29.0 Å². The second-order valence-corrected chi connectivity index (χ2v) is 6.40. The van der Waals surface area contributed by atoms with Crippen molar-refractivity contribution in [2.75, 3.05) is 7.11 Å². The summed E-state index contributed by atoms with van der Waals surface area (Å²) in [5, 5.41) is 9.89. The molecule has 7 nitrogen and oxygen atoms in total. The number of carbonyl (C=O) groups excluding carboxylic acids is 1. The van der Waals surface area contributed by atoms with Crippen molar-refractivity contribution in [1.82, 2.24) is 20.4 Å². The van der Waals surface area contributed by atoms with Gasteiger partial charge in [0, 0.05) is 42.9 Å². The number of benzene rings is 1. The fraction of sp³-hybridized carbons (Fsp3) is 0.444. The Morgan fingerprint density at radius 3 is 3.00 bits per heavy atom. The molecule has 2 aromatic rings. The lowest BCUT2D eigenvalue weighted by Crippen LogP contribution is -2.36. The zero-order chi connectivity index (χ0) is 18.0. The highest BCUT2D eigenvalue weighted by molar-refractivity contribution is 5.74. The Labute approximate surface area is 147 Å². The maximum atomic E-state index is 12.2. The van der Waals surface area contributed by atoms with Gasteiger partial charge in [0.25, 0.3) is 0 Å². The normalized spacial score (nSPS) is 16.7. The first-order chi connectivity index (χ1) is 12.0. The fourth-order valence-electron chi connectivity index (χ4n) is 2.98. The Bertz CT molecular complexity index is 772. The van der Waals surface area contributed by atoms with Crippen LogP contribution in [0.25, 0.3) is 0 Å². The lowest BCUT2D eigenvalue weighted by Gasteiger charge is -2.15. The van der Waals surface area contributed by atoms with Gasteiger partial charge in [0.2, 0.25) is 0 Å². The van der Waals surface area contributed by atoms with Crippen LogP contribution in [0.15, 0.2) is 24.5 Å². The lowest BCUT2D eigenvalue weighted by atomic mass is 10.1. The number of aromatic nitrogens is 2. The van der Waals surface area contributed by atoms with E-state index in [1.165, 1.54) is 0 Å². The summed E-state index contributed by atoms with van der Waals surface area (Å²) in [6, 6.07) is 3.57. The Morgan fingerprint density at radius 2 is 2.32 bits per heavy atom. The monoisotopic (exact) mass is 344 g/mol. The zero-order valence-corrected chi connectivity index (χ0v) is 15.0. The van der Waals surface area contributed by atoms with Gasteiger partial charge in [-0.15, -0.1) is 0 Å². The molecule has 0 aliphatic carbocycles. The van der Waals surface area contributed by atoms with Crippen LogP contribution in [0.1, 0.15) is 36.6 Å². The van der Waals surface area contributed by atoms with E-state index in [4.69, 9.17) is 9.47 Å². The zero-order valence-electron chi connectivity index (χ0n) is 15.0. The van der Waals surface area contributed by atoms with E-state index in [0.29, 0.717) is 6.54 Å². The predicted octanol–water partition coefficient (Wildman–Crippen LogP) is 2.31. The molecule has 0 fully saturated rings. The third-order valence-electron chi connectivity index (χ3n) is 4.31. The second-order valence-electron chi connectivity index (χ2n) is 6.40. The first-order valence-corrected chi connectivity index (χ1v) is 8.35. The molecule has 0 saturated heterocycles. The number of amides is 2. The number of rotatable bonds is 5.